The quantitative estimate of drug-likeness (QED) is 0.674. The van der Waals surface area contributed by atoms with Gasteiger partial charge < -0.3 is 10.1 Å². The van der Waals surface area contributed by atoms with Crippen molar-refractivity contribution in [2.45, 2.75) is 17.7 Å². The first kappa shape index (κ1) is 20.1. The number of carbonyl (C=O) groups excluding carboxylic acids is 1. The van der Waals surface area contributed by atoms with Gasteiger partial charge in [-0.05, 0) is 36.4 Å². The first-order valence-electron chi connectivity index (χ1n) is 8.85. The van der Waals surface area contributed by atoms with E-state index in [0.29, 0.717) is 22.7 Å². The lowest BCUT2D eigenvalue weighted by Crippen LogP contribution is -2.21. The second-order valence-electron chi connectivity index (χ2n) is 6.61. The fraction of sp³-hybridized carbons (Fsp3) is 0.200. The zero-order valence-electron chi connectivity index (χ0n) is 15.7. The molecule has 30 heavy (non-hydrogen) atoms. The number of fused-ring (bicyclic) bond motifs is 1. The second kappa shape index (κ2) is 7.60. The largest absolute Gasteiger partial charge is 0.497 e. The number of amides is 1. The summed E-state index contributed by atoms with van der Waals surface area (Å²) in [4.78, 5) is 12.8. The molecule has 0 saturated carbocycles. The van der Waals surface area contributed by atoms with Crippen LogP contribution in [0.2, 0.25) is 0 Å². The lowest BCUT2D eigenvalue weighted by molar-refractivity contribution is -0.137. The number of nitrogens with zero attached hydrogens (tertiary/aromatic N) is 2. The molecule has 3 aromatic rings. The van der Waals surface area contributed by atoms with Crippen molar-refractivity contribution < 1.29 is 26.9 Å². The minimum atomic E-state index is -4.67. The highest BCUT2D eigenvalue weighted by Crippen LogP contribution is 2.34. The predicted octanol–water partition coefficient (Wildman–Crippen LogP) is 3.91. The van der Waals surface area contributed by atoms with Crippen molar-refractivity contribution in [1.82, 2.24) is 9.78 Å². The minimum absolute atomic E-state index is 0.169. The Balaban J connectivity index is 1.76. The molecule has 156 valence electrons. The number of nitrogens with one attached hydrogen (secondary N) is 1. The maximum absolute atomic E-state index is 13.3. The van der Waals surface area contributed by atoms with Crippen molar-refractivity contribution >= 4 is 22.5 Å². The molecular formula is C20H16F3N3O3S. The number of methoxy groups -OCH3 is 1. The SMILES string of the molecule is COc1ccc(-n2nc3c(c2NC(=O)c2ccccc2C(F)(F)F)CS(=O)C3)cc1. The number of ether oxygens (including phenoxy) is 1. The molecule has 0 spiro atoms. The summed E-state index contributed by atoms with van der Waals surface area (Å²) in [7, 11) is 0.351. The lowest BCUT2D eigenvalue weighted by Gasteiger charge is -2.14. The van der Waals surface area contributed by atoms with Gasteiger partial charge in [-0.15, -0.1) is 0 Å². The Bertz CT molecular complexity index is 1140. The molecular weight excluding hydrogens is 419 g/mol. The van der Waals surface area contributed by atoms with Gasteiger partial charge in [0.25, 0.3) is 5.91 Å². The fourth-order valence-corrected chi connectivity index (χ4v) is 4.53. The normalized spacial score (nSPS) is 15.7. The molecule has 1 aromatic heterocycles. The number of hydrogen-bond donors (Lipinski definition) is 1. The third kappa shape index (κ3) is 3.70. The highest BCUT2D eigenvalue weighted by atomic mass is 32.2. The van der Waals surface area contributed by atoms with E-state index in [4.69, 9.17) is 4.74 Å². The Labute approximate surface area is 172 Å². The molecule has 1 amide bonds. The Morgan fingerprint density at radius 3 is 2.50 bits per heavy atom. The van der Waals surface area contributed by atoms with Crippen molar-refractivity contribution in [1.29, 1.82) is 0 Å². The predicted molar refractivity (Wildman–Crippen MR) is 105 cm³/mol. The smallest absolute Gasteiger partial charge is 0.417 e. The van der Waals surface area contributed by atoms with Gasteiger partial charge in [-0.25, -0.2) is 4.68 Å². The first-order valence-corrected chi connectivity index (χ1v) is 10.3. The van der Waals surface area contributed by atoms with Crippen LogP contribution in [-0.2, 0) is 28.5 Å². The summed E-state index contributed by atoms with van der Waals surface area (Å²) in [5.74, 6) is 0.299. The van der Waals surface area contributed by atoms with Crippen LogP contribution in [0.5, 0.6) is 5.75 Å². The maximum Gasteiger partial charge on any atom is 0.417 e. The topological polar surface area (TPSA) is 73.2 Å². The number of hydrogen-bond acceptors (Lipinski definition) is 4. The maximum atomic E-state index is 13.3. The summed E-state index contributed by atoms with van der Waals surface area (Å²) in [5.41, 5.74) is 0.152. The molecule has 0 bridgehead atoms. The molecule has 1 unspecified atom stereocenters. The van der Waals surface area contributed by atoms with E-state index in [0.717, 1.165) is 12.1 Å². The standard InChI is InChI=1S/C20H16F3N3O3S/c1-29-13-8-6-12(7-9-13)26-18(15-10-30(28)11-17(15)25-26)24-19(27)14-4-2-3-5-16(14)20(21,22)23/h2-9H,10-11H2,1H3,(H,24,27). The van der Waals surface area contributed by atoms with Crippen molar-refractivity contribution in [2.75, 3.05) is 12.4 Å². The highest BCUT2D eigenvalue weighted by Gasteiger charge is 2.36. The average Bonchev–Trinajstić information content (AvgIpc) is 3.24. The molecule has 0 aliphatic carbocycles. The van der Waals surface area contributed by atoms with Crippen LogP contribution in [0, 0.1) is 0 Å². The monoisotopic (exact) mass is 435 g/mol. The Hall–Kier alpha value is -3.14. The van der Waals surface area contributed by atoms with Gasteiger partial charge in [0, 0.05) is 16.4 Å². The average molecular weight is 435 g/mol. The molecule has 0 saturated heterocycles. The molecule has 6 nitrogen and oxygen atoms in total. The fourth-order valence-electron chi connectivity index (χ4n) is 3.27. The number of carbonyl (C=O) groups is 1. The Kier molecular flexibility index (Phi) is 5.10. The zero-order valence-corrected chi connectivity index (χ0v) is 16.5. The first-order chi connectivity index (χ1) is 14.3. The van der Waals surface area contributed by atoms with Gasteiger partial charge in [0.05, 0.1) is 41.1 Å². The van der Waals surface area contributed by atoms with Gasteiger partial charge in [0.2, 0.25) is 0 Å². The van der Waals surface area contributed by atoms with Crippen molar-refractivity contribution in [3.05, 3.63) is 70.9 Å². The van der Waals surface area contributed by atoms with Crippen molar-refractivity contribution in [3.63, 3.8) is 0 Å². The summed E-state index contributed by atoms with van der Waals surface area (Å²) < 4.78 is 58.5. The van der Waals surface area contributed by atoms with E-state index >= 15 is 0 Å². The van der Waals surface area contributed by atoms with E-state index in [1.165, 1.54) is 23.9 Å². The zero-order chi connectivity index (χ0) is 21.5. The number of rotatable bonds is 4. The summed E-state index contributed by atoms with van der Waals surface area (Å²) in [6, 6.07) is 11.4. The molecule has 10 heteroatoms. The molecule has 2 heterocycles. The van der Waals surface area contributed by atoms with Gasteiger partial charge in [-0.2, -0.15) is 18.3 Å². The van der Waals surface area contributed by atoms with Gasteiger partial charge in [-0.3, -0.25) is 9.00 Å². The van der Waals surface area contributed by atoms with Crippen LogP contribution in [0.25, 0.3) is 5.69 Å². The molecule has 1 aliphatic rings. The van der Waals surface area contributed by atoms with Crippen molar-refractivity contribution in [2.24, 2.45) is 0 Å². The van der Waals surface area contributed by atoms with E-state index in [1.54, 1.807) is 24.3 Å². The molecule has 2 aromatic carbocycles. The number of alkyl halides is 3. The molecule has 0 radical (unpaired) electrons. The second-order valence-corrected chi connectivity index (χ2v) is 8.07. The van der Waals surface area contributed by atoms with Crippen LogP contribution >= 0.6 is 0 Å². The van der Waals surface area contributed by atoms with Crippen LogP contribution in [0.1, 0.15) is 27.2 Å². The van der Waals surface area contributed by atoms with Crippen LogP contribution in [-0.4, -0.2) is 27.0 Å². The third-order valence-electron chi connectivity index (χ3n) is 4.70. The van der Waals surface area contributed by atoms with Crippen LogP contribution in [0.15, 0.2) is 48.5 Å². The van der Waals surface area contributed by atoms with Crippen LogP contribution < -0.4 is 10.1 Å². The van der Waals surface area contributed by atoms with Crippen LogP contribution in [0.3, 0.4) is 0 Å². The third-order valence-corrected chi connectivity index (χ3v) is 5.90. The molecule has 1 N–H and O–H groups in total. The lowest BCUT2D eigenvalue weighted by atomic mass is 10.1. The molecule has 1 atom stereocenters. The number of halogens is 3. The number of aromatic nitrogens is 2. The minimum Gasteiger partial charge on any atom is -0.497 e. The van der Waals surface area contributed by atoms with Crippen LogP contribution in [0.4, 0.5) is 19.0 Å². The summed E-state index contributed by atoms with van der Waals surface area (Å²) in [5, 5.41) is 6.99. The number of anilines is 1. The van der Waals surface area contributed by atoms with E-state index in [9.17, 15) is 22.2 Å². The Morgan fingerprint density at radius 1 is 1.13 bits per heavy atom. The van der Waals surface area contributed by atoms with E-state index in [-0.39, 0.29) is 17.3 Å². The number of benzene rings is 2. The summed E-state index contributed by atoms with van der Waals surface area (Å²) >= 11 is 0. The summed E-state index contributed by atoms with van der Waals surface area (Å²) in [6.07, 6.45) is -4.67. The van der Waals surface area contributed by atoms with E-state index in [1.807, 2.05) is 0 Å². The van der Waals surface area contributed by atoms with Gasteiger partial charge in [0.15, 0.2) is 0 Å². The van der Waals surface area contributed by atoms with Crippen molar-refractivity contribution in [3.8, 4) is 11.4 Å². The molecule has 0 fully saturated rings. The molecule has 4 rings (SSSR count). The van der Waals surface area contributed by atoms with Gasteiger partial charge in [0.1, 0.15) is 11.6 Å². The highest BCUT2D eigenvalue weighted by molar-refractivity contribution is 7.83. The molecule has 1 aliphatic heterocycles. The Morgan fingerprint density at radius 2 is 1.83 bits per heavy atom. The van der Waals surface area contributed by atoms with Gasteiger partial charge >= 0.3 is 6.18 Å². The summed E-state index contributed by atoms with van der Waals surface area (Å²) in [6.45, 7) is 0. The van der Waals surface area contributed by atoms with E-state index < -0.39 is 34.0 Å². The van der Waals surface area contributed by atoms with E-state index in [2.05, 4.69) is 10.4 Å². The van der Waals surface area contributed by atoms with Gasteiger partial charge in [-0.1, -0.05) is 12.1 Å².